The fraction of sp³-hybridized carbons (Fsp3) is 0.400. The lowest BCUT2D eigenvalue weighted by Gasteiger charge is -2.22. The van der Waals surface area contributed by atoms with Gasteiger partial charge in [-0.05, 0) is 24.5 Å². The van der Waals surface area contributed by atoms with E-state index in [-0.39, 0.29) is 17.0 Å². The average Bonchev–Trinajstić information content (AvgIpc) is 2.94. The normalized spacial score (nSPS) is 13.9. The monoisotopic (exact) mass is 363 g/mol. The van der Waals surface area contributed by atoms with Gasteiger partial charge in [-0.1, -0.05) is 25.1 Å². The molecule has 1 heterocycles. The topological polar surface area (TPSA) is 80.4 Å². The van der Waals surface area contributed by atoms with Gasteiger partial charge in [-0.3, -0.25) is 4.55 Å². The van der Waals surface area contributed by atoms with Crippen LogP contribution in [0, 0.1) is 0 Å². The van der Waals surface area contributed by atoms with Gasteiger partial charge in [0.2, 0.25) is 5.89 Å². The molecule has 24 heavy (non-hydrogen) atoms. The van der Waals surface area contributed by atoms with Crippen molar-refractivity contribution in [2.24, 2.45) is 0 Å². The molecule has 0 amide bonds. The first kappa shape index (κ1) is 18.5. The zero-order valence-electron chi connectivity index (χ0n) is 12.7. The Morgan fingerprint density at radius 1 is 1.29 bits per heavy atom. The highest BCUT2D eigenvalue weighted by molar-refractivity contribution is 7.85. The molecule has 0 fully saturated rings. The van der Waals surface area contributed by atoms with Crippen molar-refractivity contribution < 1.29 is 30.6 Å². The standard InChI is InChI=1S/C15H16F3NO4S/c1-2-10-9-23-14(19-10)12-6-4-3-5-11(12)13(15(16,17)18)7-8-24(20,21)22/h3-6,9,13H,2,7-8H2,1H3,(H,20,21,22). The summed E-state index contributed by atoms with van der Waals surface area (Å²) in [4.78, 5) is 4.13. The van der Waals surface area contributed by atoms with E-state index in [1.165, 1.54) is 24.5 Å². The number of hydrogen-bond donors (Lipinski definition) is 1. The van der Waals surface area contributed by atoms with Crippen LogP contribution in [0.1, 0.15) is 30.5 Å². The van der Waals surface area contributed by atoms with Crippen LogP contribution in [0.25, 0.3) is 11.5 Å². The molecule has 0 aliphatic carbocycles. The van der Waals surface area contributed by atoms with Gasteiger partial charge in [0.05, 0.1) is 17.4 Å². The van der Waals surface area contributed by atoms with Crippen molar-refractivity contribution in [2.45, 2.75) is 31.9 Å². The van der Waals surface area contributed by atoms with Crippen LogP contribution in [-0.2, 0) is 16.5 Å². The van der Waals surface area contributed by atoms with Crippen LogP contribution in [0.2, 0.25) is 0 Å². The van der Waals surface area contributed by atoms with Crippen LogP contribution < -0.4 is 0 Å². The Morgan fingerprint density at radius 3 is 2.50 bits per heavy atom. The van der Waals surface area contributed by atoms with Crippen molar-refractivity contribution in [1.82, 2.24) is 4.98 Å². The molecular formula is C15H16F3NO4S. The van der Waals surface area contributed by atoms with Crippen LogP contribution >= 0.6 is 0 Å². The number of nitrogens with zero attached hydrogens (tertiary/aromatic N) is 1. The van der Waals surface area contributed by atoms with E-state index < -0.39 is 34.4 Å². The predicted molar refractivity (Wildman–Crippen MR) is 81.1 cm³/mol. The van der Waals surface area contributed by atoms with Gasteiger partial charge in [-0.15, -0.1) is 0 Å². The Bertz CT molecular complexity index is 799. The molecule has 1 aromatic heterocycles. The molecule has 0 radical (unpaired) electrons. The van der Waals surface area contributed by atoms with Gasteiger partial charge in [-0.2, -0.15) is 21.6 Å². The summed E-state index contributed by atoms with van der Waals surface area (Å²) >= 11 is 0. The molecule has 0 bridgehead atoms. The highest BCUT2D eigenvalue weighted by Gasteiger charge is 2.42. The van der Waals surface area contributed by atoms with Crippen molar-refractivity contribution in [1.29, 1.82) is 0 Å². The smallest absolute Gasteiger partial charge is 0.395 e. The maximum absolute atomic E-state index is 13.4. The molecule has 0 saturated heterocycles. The summed E-state index contributed by atoms with van der Waals surface area (Å²) in [6, 6.07) is 5.67. The summed E-state index contributed by atoms with van der Waals surface area (Å²) < 4.78 is 76.0. The van der Waals surface area contributed by atoms with E-state index in [9.17, 15) is 21.6 Å². The van der Waals surface area contributed by atoms with Crippen LogP contribution in [0.3, 0.4) is 0 Å². The first-order valence-corrected chi connectivity index (χ1v) is 8.78. The lowest BCUT2D eigenvalue weighted by Crippen LogP contribution is -2.24. The number of aromatic nitrogens is 1. The van der Waals surface area contributed by atoms with E-state index in [2.05, 4.69) is 4.98 Å². The molecule has 1 atom stereocenters. The minimum atomic E-state index is -4.68. The first-order valence-electron chi connectivity index (χ1n) is 7.17. The van der Waals surface area contributed by atoms with Crippen molar-refractivity contribution >= 4 is 10.1 Å². The summed E-state index contributed by atoms with van der Waals surface area (Å²) in [7, 11) is -4.50. The summed E-state index contributed by atoms with van der Waals surface area (Å²) in [6.45, 7) is 1.83. The van der Waals surface area contributed by atoms with E-state index in [0.717, 1.165) is 0 Å². The Morgan fingerprint density at radius 2 is 1.96 bits per heavy atom. The van der Waals surface area contributed by atoms with Gasteiger partial charge in [0.25, 0.3) is 10.1 Å². The SMILES string of the molecule is CCc1coc(-c2ccccc2C(CCS(=O)(=O)O)C(F)(F)F)n1. The number of hydrogen-bond acceptors (Lipinski definition) is 4. The van der Waals surface area contributed by atoms with Gasteiger partial charge in [0.1, 0.15) is 6.26 Å². The summed E-state index contributed by atoms with van der Waals surface area (Å²) in [5.41, 5.74) is 0.606. The molecule has 0 aliphatic rings. The molecule has 1 unspecified atom stereocenters. The number of benzene rings is 1. The Labute approximate surface area is 137 Å². The molecular weight excluding hydrogens is 347 g/mol. The lowest BCUT2D eigenvalue weighted by atomic mass is 9.91. The second kappa shape index (κ2) is 6.94. The molecule has 0 saturated carbocycles. The molecule has 2 rings (SSSR count). The molecule has 9 heteroatoms. The summed E-state index contributed by atoms with van der Waals surface area (Å²) in [5.74, 6) is -3.01. The fourth-order valence-corrected chi connectivity index (χ4v) is 2.88. The second-order valence-electron chi connectivity index (χ2n) is 5.25. The molecule has 0 spiro atoms. The quantitative estimate of drug-likeness (QED) is 0.789. The Kier molecular flexibility index (Phi) is 5.34. The Hall–Kier alpha value is -1.87. The van der Waals surface area contributed by atoms with Crippen molar-refractivity contribution in [3.05, 3.63) is 41.8 Å². The molecule has 1 aromatic carbocycles. The average molecular weight is 363 g/mol. The van der Waals surface area contributed by atoms with Crippen molar-refractivity contribution in [3.8, 4) is 11.5 Å². The lowest BCUT2D eigenvalue weighted by molar-refractivity contribution is -0.150. The third-order valence-electron chi connectivity index (χ3n) is 3.54. The van der Waals surface area contributed by atoms with Crippen LogP contribution in [-0.4, -0.2) is 29.9 Å². The van der Waals surface area contributed by atoms with E-state index in [0.29, 0.717) is 12.1 Å². The fourth-order valence-electron chi connectivity index (χ4n) is 2.35. The van der Waals surface area contributed by atoms with Crippen LogP contribution in [0.15, 0.2) is 34.9 Å². The minimum absolute atomic E-state index is 0.0450. The van der Waals surface area contributed by atoms with Gasteiger partial charge in [0, 0.05) is 5.56 Å². The predicted octanol–water partition coefficient (Wildman–Crippen LogP) is 3.83. The molecule has 5 nitrogen and oxygen atoms in total. The van der Waals surface area contributed by atoms with Crippen molar-refractivity contribution in [3.63, 3.8) is 0 Å². The minimum Gasteiger partial charge on any atom is -0.444 e. The number of halogens is 3. The highest BCUT2D eigenvalue weighted by Crippen LogP contribution is 2.41. The van der Waals surface area contributed by atoms with Gasteiger partial charge >= 0.3 is 6.18 Å². The molecule has 2 aromatic rings. The largest absolute Gasteiger partial charge is 0.444 e. The van der Waals surface area contributed by atoms with Crippen LogP contribution in [0.4, 0.5) is 13.2 Å². The zero-order valence-corrected chi connectivity index (χ0v) is 13.6. The van der Waals surface area contributed by atoms with E-state index in [1.54, 1.807) is 6.07 Å². The first-order chi connectivity index (χ1) is 11.1. The van der Waals surface area contributed by atoms with Gasteiger partial charge in [-0.25, -0.2) is 4.98 Å². The maximum atomic E-state index is 13.4. The molecule has 1 N–H and O–H groups in total. The van der Waals surface area contributed by atoms with Gasteiger partial charge in [0.15, 0.2) is 0 Å². The third kappa shape index (κ3) is 4.57. The van der Waals surface area contributed by atoms with Crippen LogP contribution in [0.5, 0.6) is 0 Å². The van der Waals surface area contributed by atoms with E-state index in [4.69, 9.17) is 8.97 Å². The Balaban J connectivity index is 2.46. The summed E-state index contributed by atoms with van der Waals surface area (Å²) in [5, 5.41) is 0. The summed E-state index contributed by atoms with van der Waals surface area (Å²) in [6.07, 6.45) is -3.54. The molecule has 132 valence electrons. The second-order valence-corrected chi connectivity index (χ2v) is 6.83. The third-order valence-corrected chi connectivity index (χ3v) is 4.29. The molecule has 0 aliphatic heterocycles. The van der Waals surface area contributed by atoms with E-state index >= 15 is 0 Å². The van der Waals surface area contributed by atoms with E-state index in [1.807, 2.05) is 6.92 Å². The number of oxazole rings is 1. The number of rotatable bonds is 6. The number of alkyl halides is 3. The highest BCUT2D eigenvalue weighted by atomic mass is 32.2. The zero-order chi connectivity index (χ0) is 18.0. The van der Waals surface area contributed by atoms with Crippen molar-refractivity contribution in [2.75, 3.05) is 5.75 Å². The maximum Gasteiger partial charge on any atom is 0.395 e. The number of aryl methyl sites for hydroxylation is 1. The van der Waals surface area contributed by atoms with Gasteiger partial charge < -0.3 is 4.42 Å².